The Kier molecular flexibility index (Phi) is 6.00. The average molecular weight is 402 g/mol. The second kappa shape index (κ2) is 8.82. The molecule has 2 aliphatic rings. The normalized spacial score (nSPS) is 16.9. The Morgan fingerprint density at radius 1 is 0.964 bits per heavy atom. The van der Waals surface area contributed by atoms with Gasteiger partial charge in [0.05, 0.1) is 6.54 Å². The van der Waals surface area contributed by atoms with E-state index in [2.05, 4.69) is 27.2 Å². The first-order chi connectivity index (χ1) is 13.7. The third-order valence-corrected chi connectivity index (χ3v) is 5.29. The van der Waals surface area contributed by atoms with Crippen LogP contribution in [0.1, 0.15) is 11.1 Å². The van der Waals surface area contributed by atoms with Crippen LogP contribution in [0.2, 0.25) is 5.02 Å². The van der Waals surface area contributed by atoms with Gasteiger partial charge in [-0.3, -0.25) is 14.6 Å². The number of fused-ring (bicyclic) bond motifs is 1. The molecule has 1 saturated heterocycles. The Labute approximate surface area is 170 Å². The molecule has 0 saturated carbocycles. The number of nitrogens with zero attached hydrogens (tertiary/aromatic N) is 2. The molecule has 2 aromatic rings. The largest absolute Gasteiger partial charge is 0.454 e. The van der Waals surface area contributed by atoms with Gasteiger partial charge in [-0.05, 0) is 35.4 Å². The third kappa shape index (κ3) is 4.95. The van der Waals surface area contributed by atoms with E-state index >= 15 is 0 Å². The summed E-state index contributed by atoms with van der Waals surface area (Å²) in [5, 5.41) is 3.66. The summed E-state index contributed by atoms with van der Waals surface area (Å²) in [6.07, 6.45) is 0. The van der Waals surface area contributed by atoms with Crippen molar-refractivity contribution in [3.05, 3.63) is 58.6 Å². The number of carbonyl (C=O) groups excluding carboxylic acids is 1. The first-order valence-corrected chi connectivity index (χ1v) is 9.88. The van der Waals surface area contributed by atoms with E-state index in [0.29, 0.717) is 24.9 Å². The molecule has 0 aliphatic carbocycles. The van der Waals surface area contributed by atoms with Crippen LogP contribution in [0.25, 0.3) is 0 Å². The molecule has 2 heterocycles. The molecule has 1 N–H and O–H groups in total. The highest BCUT2D eigenvalue weighted by molar-refractivity contribution is 6.30. The SMILES string of the molecule is O=C(CN1CCN(Cc2ccc3c(c2)OCO3)CC1)NCc1cccc(Cl)c1. The molecular weight excluding hydrogens is 378 g/mol. The molecule has 2 aromatic carbocycles. The lowest BCUT2D eigenvalue weighted by molar-refractivity contribution is -0.122. The summed E-state index contributed by atoms with van der Waals surface area (Å²) in [5.74, 6) is 1.69. The van der Waals surface area contributed by atoms with Crippen LogP contribution in [0, 0.1) is 0 Å². The maximum atomic E-state index is 12.2. The van der Waals surface area contributed by atoms with E-state index in [1.54, 1.807) is 0 Å². The van der Waals surface area contributed by atoms with E-state index in [1.165, 1.54) is 5.56 Å². The van der Waals surface area contributed by atoms with Crippen LogP contribution in [0.15, 0.2) is 42.5 Å². The van der Waals surface area contributed by atoms with E-state index in [9.17, 15) is 4.79 Å². The second-order valence-electron chi connectivity index (χ2n) is 7.15. The fourth-order valence-corrected chi connectivity index (χ4v) is 3.72. The number of nitrogens with one attached hydrogen (secondary N) is 1. The fraction of sp³-hybridized carbons (Fsp3) is 0.381. The van der Waals surface area contributed by atoms with Crippen LogP contribution in [0.5, 0.6) is 11.5 Å². The number of benzene rings is 2. The van der Waals surface area contributed by atoms with Crippen molar-refractivity contribution >= 4 is 17.5 Å². The van der Waals surface area contributed by atoms with Gasteiger partial charge in [-0.1, -0.05) is 29.8 Å². The van der Waals surface area contributed by atoms with E-state index in [4.69, 9.17) is 21.1 Å². The highest BCUT2D eigenvalue weighted by Gasteiger charge is 2.20. The first kappa shape index (κ1) is 19.1. The standard InChI is InChI=1S/C21H24ClN3O3/c22-18-3-1-2-16(10-18)12-23-21(26)14-25-8-6-24(7-9-25)13-17-4-5-19-20(11-17)28-15-27-19/h1-5,10-11H,6-9,12-15H2,(H,23,26). The number of amides is 1. The van der Waals surface area contributed by atoms with Gasteiger partial charge in [0, 0.05) is 44.3 Å². The molecule has 7 heteroatoms. The molecule has 0 bridgehead atoms. The van der Waals surface area contributed by atoms with Crippen LogP contribution in [0.3, 0.4) is 0 Å². The summed E-state index contributed by atoms with van der Waals surface area (Å²) in [4.78, 5) is 16.8. The van der Waals surface area contributed by atoms with Crippen molar-refractivity contribution < 1.29 is 14.3 Å². The summed E-state index contributed by atoms with van der Waals surface area (Å²) >= 11 is 5.98. The highest BCUT2D eigenvalue weighted by Crippen LogP contribution is 2.32. The minimum absolute atomic E-state index is 0.0456. The Balaban J connectivity index is 1.19. The van der Waals surface area contributed by atoms with Crippen molar-refractivity contribution in [2.45, 2.75) is 13.1 Å². The van der Waals surface area contributed by atoms with Gasteiger partial charge in [0.25, 0.3) is 0 Å². The number of hydrogen-bond donors (Lipinski definition) is 1. The predicted octanol–water partition coefficient (Wildman–Crippen LogP) is 2.50. The van der Waals surface area contributed by atoms with Gasteiger partial charge in [0.1, 0.15) is 0 Å². The number of halogens is 1. The summed E-state index contributed by atoms with van der Waals surface area (Å²) < 4.78 is 10.8. The molecule has 28 heavy (non-hydrogen) atoms. The van der Waals surface area contributed by atoms with Gasteiger partial charge in [0.2, 0.25) is 12.7 Å². The molecule has 0 spiro atoms. The Morgan fingerprint density at radius 2 is 1.75 bits per heavy atom. The molecule has 0 unspecified atom stereocenters. The van der Waals surface area contributed by atoms with Crippen LogP contribution < -0.4 is 14.8 Å². The second-order valence-corrected chi connectivity index (χ2v) is 7.58. The summed E-state index contributed by atoms with van der Waals surface area (Å²) in [7, 11) is 0. The molecule has 1 fully saturated rings. The number of ether oxygens (including phenoxy) is 2. The number of rotatable bonds is 6. The van der Waals surface area contributed by atoms with Gasteiger partial charge in [-0.15, -0.1) is 0 Å². The molecular formula is C21H24ClN3O3. The smallest absolute Gasteiger partial charge is 0.234 e. The van der Waals surface area contributed by atoms with Crippen molar-refractivity contribution in [3.8, 4) is 11.5 Å². The monoisotopic (exact) mass is 401 g/mol. The lowest BCUT2D eigenvalue weighted by Gasteiger charge is -2.34. The van der Waals surface area contributed by atoms with Crippen molar-refractivity contribution in [1.82, 2.24) is 15.1 Å². The van der Waals surface area contributed by atoms with Crippen LogP contribution in [-0.4, -0.2) is 55.2 Å². The first-order valence-electron chi connectivity index (χ1n) is 9.50. The van der Waals surface area contributed by atoms with Gasteiger partial charge in [-0.25, -0.2) is 0 Å². The number of piperazine rings is 1. The van der Waals surface area contributed by atoms with Crippen molar-refractivity contribution in [1.29, 1.82) is 0 Å². The van der Waals surface area contributed by atoms with Gasteiger partial charge >= 0.3 is 0 Å². The molecule has 6 nitrogen and oxygen atoms in total. The summed E-state index contributed by atoms with van der Waals surface area (Å²) in [6, 6.07) is 13.7. The Hall–Kier alpha value is -2.28. The highest BCUT2D eigenvalue weighted by atomic mass is 35.5. The molecule has 0 atom stereocenters. The zero-order chi connectivity index (χ0) is 19.3. The Bertz CT molecular complexity index is 837. The lowest BCUT2D eigenvalue weighted by Crippen LogP contribution is -2.49. The molecule has 148 valence electrons. The van der Waals surface area contributed by atoms with Crippen LogP contribution in [0.4, 0.5) is 0 Å². The minimum atomic E-state index is 0.0456. The van der Waals surface area contributed by atoms with Gasteiger partial charge < -0.3 is 14.8 Å². The molecule has 1 amide bonds. The molecule has 4 rings (SSSR count). The van der Waals surface area contributed by atoms with E-state index in [-0.39, 0.29) is 5.91 Å². The maximum Gasteiger partial charge on any atom is 0.234 e. The number of carbonyl (C=O) groups is 1. The topological polar surface area (TPSA) is 54.0 Å². The lowest BCUT2D eigenvalue weighted by atomic mass is 10.1. The maximum absolute atomic E-state index is 12.2. The zero-order valence-electron chi connectivity index (χ0n) is 15.7. The molecule has 0 radical (unpaired) electrons. The van der Waals surface area contributed by atoms with Gasteiger partial charge in [0.15, 0.2) is 11.5 Å². The van der Waals surface area contributed by atoms with E-state index in [0.717, 1.165) is 49.8 Å². The summed E-state index contributed by atoms with van der Waals surface area (Å²) in [6.45, 7) is 5.76. The quantitative estimate of drug-likeness (QED) is 0.806. The van der Waals surface area contributed by atoms with Crippen molar-refractivity contribution in [2.24, 2.45) is 0 Å². The third-order valence-electron chi connectivity index (χ3n) is 5.05. The Morgan fingerprint density at radius 3 is 2.57 bits per heavy atom. The van der Waals surface area contributed by atoms with Crippen LogP contribution >= 0.6 is 11.6 Å². The number of hydrogen-bond acceptors (Lipinski definition) is 5. The van der Waals surface area contributed by atoms with Crippen molar-refractivity contribution in [2.75, 3.05) is 39.5 Å². The predicted molar refractivity (Wildman–Crippen MR) is 108 cm³/mol. The van der Waals surface area contributed by atoms with Crippen molar-refractivity contribution in [3.63, 3.8) is 0 Å². The van der Waals surface area contributed by atoms with Gasteiger partial charge in [-0.2, -0.15) is 0 Å². The van der Waals surface area contributed by atoms with E-state index < -0.39 is 0 Å². The summed E-state index contributed by atoms with van der Waals surface area (Å²) in [5.41, 5.74) is 2.23. The van der Waals surface area contributed by atoms with Crippen LogP contribution in [-0.2, 0) is 17.9 Å². The molecule has 2 aliphatic heterocycles. The zero-order valence-corrected chi connectivity index (χ0v) is 16.5. The molecule has 0 aromatic heterocycles. The average Bonchev–Trinajstić information content (AvgIpc) is 3.16. The minimum Gasteiger partial charge on any atom is -0.454 e. The van der Waals surface area contributed by atoms with E-state index in [1.807, 2.05) is 30.3 Å². The fourth-order valence-electron chi connectivity index (χ4n) is 3.51.